The Kier molecular flexibility index (Phi) is 5.46. The van der Waals surface area contributed by atoms with Gasteiger partial charge in [-0.2, -0.15) is 0 Å². The summed E-state index contributed by atoms with van der Waals surface area (Å²) in [5, 5.41) is 3.25. The van der Waals surface area contributed by atoms with Crippen molar-refractivity contribution in [2.45, 2.75) is 24.2 Å². The monoisotopic (exact) mass is 349 g/mol. The van der Waals surface area contributed by atoms with Crippen LogP contribution in [-0.4, -0.2) is 34.1 Å². The van der Waals surface area contributed by atoms with Gasteiger partial charge in [-0.15, -0.1) is 0 Å². The summed E-state index contributed by atoms with van der Waals surface area (Å²) >= 11 is 0. The molecule has 2 rings (SSSR count). The molecular formula is C17H23N3O3S. The maximum atomic E-state index is 11.7. The second kappa shape index (κ2) is 7.19. The van der Waals surface area contributed by atoms with E-state index in [0.717, 1.165) is 5.75 Å². The Labute approximate surface area is 143 Å². The lowest BCUT2D eigenvalue weighted by atomic mass is 9.84. The number of nitrogens with one attached hydrogen (secondary N) is 2. The molecule has 1 aromatic heterocycles. The second-order valence-corrected chi connectivity index (χ2v) is 7.94. The van der Waals surface area contributed by atoms with Gasteiger partial charge in [-0.05, 0) is 36.9 Å². The highest BCUT2D eigenvalue weighted by Crippen LogP contribution is 2.25. The van der Waals surface area contributed by atoms with Crippen LogP contribution in [0.3, 0.4) is 0 Å². The van der Waals surface area contributed by atoms with E-state index in [1.807, 2.05) is 24.3 Å². The fraction of sp³-hybridized carbons (Fsp3) is 0.353. The summed E-state index contributed by atoms with van der Waals surface area (Å²) in [4.78, 5) is 4.31. The first-order valence-corrected chi connectivity index (χ1v) is 9.05. The van der Waals surface area contributed by atoms with Crippen LogP contribution in [0.2, 0.25) is 0 Å². The molecule has 2 N–H and O–H groups in total. The Hall–Kier alpha value is -2.12. The van der Waals surface area contributed by atoms with Crippen LogP contribution >= 0.6 is 0 Å². The van der Waals surface area contributed by atoms with Gasteiger partial charge in [-0.1, -0.05) is 26.0 Å². The van der Waals surface area contributed by atoms with Gasteiger partial charge in [0.25, 0.3) is 0 Å². The van der Waals surface area contributed by atoms with Crippen LogP contribution in [-0.2, 0) is 15.4 Å². The number of aromatic nitrogens is 1. The molecule has 130 valence electrons. The molecular weight excluding hydrogens is 326 g/mol. The van der Waals surface area contributed by atoms with E-state index in [0.29, 0.717) is 12.4 Å². The first kappa shape index (κ1) is 18.2. The topological polar surface area (TPSA) is 80.3 Å². The summed E-state index contributed by atoms with van der Waals surface area (Å²) in [5.74, 6) is 1.46. The molecule has 0 saturated carbocycles. The molecule has 0 aliphatic heterocycles. The summed E-state index contributed by atoms with van der Waals surface area (Å²) in [6, 6.07) is 11.1. The predicted octanol–water partition coefficient (Wildman–Crippen LogP) is 2.39. The first-order chi connectivity index (χ1) is 11.3. The third kappa shape index (κ3) is 4.24. The molecule has 0 aliphatic rings. The van der Waals surface area contributed by atoms with Gasteiger partial charge in [0.05, 0.1) is 7.11 Å². The highest BCUT2D eigenvalue weighted by atomic mass is 32.2. The number of methoxy groups -OCH3 is 1. The van der Waals surface area contributed by atoms with E-state index < -0.39 is 10.0 Å². The largest absolute Gasteiger partial charge is 0.497 e. The average molecular weight is 349 g/mol. The molecule has 1 heterocycles. The molecule has 0 saturated heterocycles. The van der Waals surface area contributed by atoms with E-state index in [1.165, 1.54) is 24.9 Å². The lowest BCUT2D eigenvalue weighted by molar-refractivity contribution is 0.414. The van der Waals surface area contributed by atoms with Crippen molar-refractivity contribution >= 4 is 15.8 Å². The van der Waals surface area contributed by atoms with Gasteiger partial charge in [-0.3, -0.25) is 0 Å². The molecule has 24 heavy (non-hydrogen) atoms. The number of hydrogen-bond acceptors (Lipinski definition) is 5. The SMILES string of the molecule is CNS(=O)(=O)c1ccc(NCC(C)(C)c2ccc(OC)cc2)nc1. The minimum atomic E-state index is -3.46. The Bertz CT molecular complexity index is 770. The van der Waals surface area contributed by atoms with Gasteiger partial charge < -0.3 is 10.1 Å². The van der Waals surface area contributed by atoms with Gasteiger partial charge in [0.15, 0.2) is 0 Å². The van der Waals surface area contributed by atoms with Gasteiger partial charge in [-0.25, -0.2) is 18.1 Å². The molecule has 0 amide bonds. The molecule has 0 fully saturated rings. The fourth-order valence-electron chi connectivity index (χ4n) is 2.22. The highest BCUT2D eigenvalue weighted by Gasteiger charge is 2.21. The van der Waals surface area contributed by atoms with Crippen molar-refractivity contribution in [3.8, 4) is 5.75 Å². The standard InChI is InChI=1S/C17H23N3O3S/c1-17(2,13-5-7-14(23-4)8-6-13)12-20-16-10-9-15(11-19-16)24(21,22)18-3/h5-11,18H,12H2,1-4H3,(H,19,20). The van der Waals surface area contributed by atoms with Crippen molar-refractivity contribution in [1.82, 2.24) is 9.71 Å². The molecule has 0 spiro atoms. The Morgan fingerprint density at radius 2 is 1.79 bits per heavy atom. The van der Waals surface area contributed by atoms with E-state index in [4.69, 9.17) is 4.74 Å². The normalized spacial score (nSPS) is 12.0. The van der Waals surface area contributed by atoms with E-state index in [2.05, 4.69) is 28.9 Å². The second-order valence-electron chi connectivity index (χ2n) is 6.05. The molecule has 0 aliphatic carbocycles. The van der Waals surface area contributed by atoms with Gasteiger partial charge in [0.1, 0.15) is 16.5 Å². The lowest BCUT2D eigenvalue weighted by Crippen LogP contribution is -2.28. The van der Waals surface area contributed by atoms with Crippen LogP contribution in [0.5, 0.6) is 5.75 Å². The quantitative estimate of drug-likeness (QED) is 0.802. The van der Waals surface area contributed by atoms with Crippen LogP contribution in [0.25, 0.3) is 0 Å². The van der Waals surface area contributed by atoms with Crippen LogP contribution in [0.4, 0.5) is 5.82 Å². The Morgan fingerprint density at radius 1 is 1.12 bits per heavy atom. The van der Waals surface area contributed by atoms with Crippen molar-refractivity contribution in [2.24, 2.45) is 0 Å². The molecule has 2 aromatic rings. The van der Waals surface area contributed by atoms with E-state index in [1.54, 1.807) is 13.2 Å². The number of pyridine rings is 1. The summed E-state index contributed by atoms with van der Waals surface area (Å²) in [5.41, 5.74) is 1.05. The zero-order valence-corrected chi connectivity index (χ0v) is 15.1. The van der Waals surface area contributed by atoms with Gasteiger partial charge >= 0.3 is 0 Å². The van der Waals surface area contributed by atoms with Crippen molar-refractivity contribution in [2.75, 3.05) is 26.0 Å². The van der Waals surface area contributed by atoms with Crippen molar-refractivity contribution < 1.29 is 13.2 Å². The van der Waals surface area contributed by atoms with Gasteiger partial charge in [0, 0.05) is 18.2 Å². The molecule has 7 heteroatoms. The maximum Gasteiger partial charge on any atom is 0.241 e. The van der Waals surface area contributed by atoms with Crippen LogP contribution in [0.1, 0.15) is 19.4 Å². The maximum absolute atomic E-state index is 11.7. The molecule has 0 unspecified atom stereocenters. The molecule has 0 radical (unpaired) electrons. The van der Waals surface area contributed by atoms with Crippen LogP contribution < -0.4 is 14.8 Å². The molecule has 0 bridgehead atoms. The molecule has 1 aromatic carbocycles. The summed E-state index contributed by atoms with van der Waals surface area (Å²) in [6.07, 6.45) is 1.34. The van der Waals surface area contributed by atoms with Crippen molar-refractivity contribution in [3.05, 3.63) is 48.2 Å². The Morgan fingerprint density at radius 3 is 2.29 bits per heavy atom. The highest BCUT2D eigenvalue weighted by molar-refractivity contribution is 7.89. The zero-order valence-electron chi connectivity index (χ0n) is 14.3. The smallest absolute Gasteiger partial charge is 0.241 e. The third-order valence-electron chi connectivity index (χ3n) is 3.90. The van der Waals surface area contributed by atoms with Crippen LogP contribution in [0, 0.1) is 0 Å². The number of sulfonamides is 1. The Balaban J connectivity index is 2.06. The number of ether oxygens (including phenoxy) is 1. The van der Waals surface area contributed by atoms with Gasteiger partial charge in [0.2, 0.25) is 10.0 Å². The number of hydrogen-bond donors (Lipinski definition) is 2. The average Bonchev–Trinajstić information content (AvgIpc) is 2.60. The van der Waals surface area contributed by atoms with Crippen molar-refractivity contribution in [1.29, 1.82) is 0 Å². The van der Waals surface area contributed by atoms with Crippen molar-refractivity contribution in [3.63, 3.8) is 0 Å². The summed E-state index contributed by atoms with van der Waals surface area (Å²) < 4.78 is 30.8. The summed E-state index contributed by atoms with van der Waals surface area (Å²) in [6.45, 7) is 4.91. The summed E-state index contributed by atoms with van der Waals surface area (Å²) in [7, 11) is -0.442. The third-order valence-corrected chi connectivity index (χ3v) is 5.30. The number of rotatable bonds is 7. The zero-order chi connectivity index (χ0) is 17.8. The fourth-order valence-corrected chi connectivity index (χ4v) is 2.89. The molecule has 6 nitrogen and oxygen atoms in total. The first-order valence-electron chi connectivity index (χ1n) is 7.56. The predicted molar refractivity (Wildman–Crippen MR) is 95.0 cm³/mol. The van der Waals surface area contributed by atoms with Crippen LogP contribution in [0.15, 0.2) is 47.5 Å². The minimum Gasteiger partial charge on any atom is -0.497 e. The minimum absolute atomic E-state index is 0.121. The number of anilines is 1. The van der Waals surface area contributed by atoms with E-state index >= 15 is 0 Å². The van der Waals surface area contributed by atoms with E-state index in [9.17, 15) is 8.42 Å². The number of nitrogens with zero attached hydrogens (tertiary/aromatic N) is 1. The number of benzene rings is 1. The lowest BCUT2D eigenvalue weighted by Gasteiger charge is -2.26. The van der Waals surface area contributed by atoms with E-state index in [-0.39, 0.29) is 10.3 Å². The molecule has 0 atom stereocenters.